The summed E-state index contributed by atoms with van der Waals surface area (Å²) in [6.45, 7) is 4.43. The summed E-state index contributed by atoms with van der Waals surface area (Å²) in [6.07, 6.45) is 58.7. The fourth-order valence-electron chi connectivity index (χ4n) is 7.55. The van der Waals surface area contributed by atoms with Crippen LogP contribution in [0, 0.1) is 0 Å². The van der Waals surface area contributed by atoms with Crippen molar-refractivity contribution in [2.75, 3.05) is 47.5 Å². The molecular formula is C56H105NO8P+. The normalized spacial score (nSPS) is 13.7. The van der Waals surface area contributed by atoms with Crippen LogP contribution in [0.15, 0.2) is 48.6 Å². The Balaban J connectivity index is 4.23. The third kappa shape index (κ3) is 51.4. The maximum Gasteiger partial charge on any atom is 0.472 e. The summed E-state index contributed by atoms with van der Waals surface area (Å²) in [5, 5.41) is 0. The van der Waals surface area contributed by atoms with Gasteiger partial charge >= 0.3 is 19.8 Å². The van der Waals surface area contributed by atoms with E-state index in [9.17, 15) is 19.0 Å². The molecule has 0 saturated carbocycles. The Bertz CT molecular complexity index is 1260. The van der Waals surface area contributed by atoms with Crippen molar-refractivity contribution in [3.63, 3.8) is 0 Å². The summed E-state index contributed by atoms with van der Waals surface area (Å²) in [4.78, 5) is 35.6. The van der Waals surface area contributed by atoms with Crippen LogP contribution in [-0.2, 0) is 32.7 Å². The molecule has 0 aromatic carbocycles. The molecular weight excluding hydrogens is 846 g/mol. The van der Waals surface area contributed by atoms with Gasteiger partial charge in [-0.05, 0) is 77.0 Å². The van der Waals surface area contributed by atoms with E-state index in [4.69, 9.17) is 18.5 Å². The van der Waals surface area contributed by atoms with Crippen LogP contribution < -0.4 is 0 Å². The Morgan fingerprint density at radius 3 is 1.23 bits per heavy atom. The molecule has 0 aliphatic heterocycles. The van der Waals surface area contributed by atoms with E-state index < -0.39 is 26.5 Å². The Morgan fingerprint density at radius 1 is 0.470 bits per heavy atom. The lowest BCUT2D eigenvalue weighted by Crippen LogP contribution is -2.37. The van der Waals surface area contributed by atoms with Crippen molar-refractivity contribution in [3.8, 4) is 0 Å². The van der Waals surface area contributed by atoms with Crippen molar-refractivity contribution in [2.24, 2.45) is 0 Å². The number of nitrogens with zero attached hydrogens (tertiary/aromatic N) is 1. The number of hydrogen-bond donors (Lipinski definition) is 1. The molecule has 0 amide bonds. The van der Waals surface area contributed by atoms with Crippen molar-refractivity contribution in [2.45, 2.75) is 251 Å². The van der Waals surface area contributed by atoms with Crippen LogP contribution in [0.3, 0.4) is 0 Å². The molecule has 0 aliphatic rings. The number of likely N-dealkylation sites (N-methyl/N-ethyl adjacent to an activating group) is 1. The van der Waals surface area contributed by atoms with Crippen molar-refractivity contribution in [1.29, 1.82) is 0 Å². The van der Waals surface area contributed by atoms with Crippen LogP contribution in [0.5, 0.6) is 0 Å². The number of quaternary nitrogens is 1. The van der Waals surface area contributed by atoms with Gasteiger partial charge in [-0.25, -0.2) is 4.57 Å². The first-order valence-electron chi connectivity index (χ1n) is 27.4. The molecule has 2 unspecified atom stereocenters. The maximum absolute atomic E-state index is 12.8. The second-order valence-electron chi connectivity index (χ2n) is 19.6. The number of ether oxygens (including phenoxy) is 2. The predicted octanol–water partition coefficient (Wildman–Crippen LogP) is 16.6. The zero-order valence-corrected chi connectivity index (χ0v) is 44.6. The summed E-state index contributed by atoms with van der Waals surface area (Å²) >= 11 is 0. The van der Waals surface area contributed by atoms with E-state index in [1.807, 2.05) is 21.1 Å². The highest BCUT2D eigenvalue weighted by Crippen LogP contribution is 2.43. The van der Waals surface area contributed by atoms with Crippen LogP contribution >= 0.6 is 7.82 Å². The van der Waals surface area contributed by atoms with Gasteiger partial charge in [-0.2, -0.15) is 0 Å². The van der Waals surface area contributed by atoms with E-state index >= 15 is 0 Å². The van der Waals surface area contributed by atoms with Crippen LogP contribution in [0.2, 0.25) is 0 Å². The molecule has 0 saturated heterocycles. The number of unbranched alkanes of at least 4 members (excludes halogenated alkanes) is 28. The van der Waals surface area contributed by atoms with E-state index in [0.29, 0.717) is 17.4 Å². The molecule has 66 heavy (non-hydrogen) atoms. The molecule has 0 aromatic heterocycles. The average Bonchev–Trinajstić information content (AvgIpc) is 3.27. The first-order chi connectivity index (χ1) is 32.0. The molecule has 386 valence electrons. The Kier molecular flexibility index (Phi) is 46.5. The predicted molar refractivity (Wildman–Crippen MR) is 280 cm³/mol. The molecule has 0 radical (unpaired) electrons. The van der Waals surface area contributed by atoms with Gasteiger partial charge in [0.2, 0.25) is 0 Å². The van der Waals surface area contributed by atoms with E-state index in [-0.39, 0.29) is 32.0 Å². The molecule has 0 fully saturated rings. The first-order valence-corrected chi connectivity index (χ1v) is 28.9. The highest BCUT2D eigenvalue weighted by atomic mass is 31.2. The van der Waals surface area contributed by atoms with Gasteiger partial charge in [0.25, 0.3) is 0 Å². The summed E-state index contributed by atoms with van der Waals surface area (Å²) < 4.78 is 34.5. The molecule has 0 bridgehead atoms. The van der Waals surface area contributed by atoms with E-state index in [1.54, 1.807) is 0 Å². The fourth-order valence-corrected chi connectivity index (χ4v) is 8.29. The van der Waals surface area contributed by atoms with Gasteiger partial charge in [-0.3, -0.25) is 18.6 Å². The molecule has 0 spiro atoms. The van der Waals surface area contributed by atoms with Gasteiger partial charge in [0.15, 0.2) is 6.10 Å². The molecule has 0 rings (SSSR count). The monoisotopic (exact) mass is 951 g/mol. The number of rotatable bonds is 50. The van der Waals surface area contributed by atoms with Gasteiger partial charge in [0, 0.05) is 12.8 Å². The van der Waals surface area contributed by atoms with Crippen molar-refractivity contribution in [3.05, 3.63) is 48.6 Å². The van der Waals surface area contributed by atoms with E-state index in [0.717, 1.165) is 57.8 Å². The third-order valence-corrected chi connectivity index (χ3v) is 12.8. The second-order valence-corrected chi connectivity index (χ2v) is 21.1. The number of hydrogen-bond acceptors (Lipinski definition) is 7. The molecule has 2 atom stereocenters. The van der Waals surface area contributed by atoms with Crippen LogP contribution in [-0.4, -0.2) is 74.9 Å². The van der Waals surface area contributed by atoms with Gasteiger partial charge in [-0.1, -0.05) is 204 Å². The molecule has 0 heterocycles. The lowest BCUT2D eigenvalue weighted by Gasteiger charge is -2.24. The van der Waals surface area contributed by atoms with Gasteiger partial charge in [0.1, 0.15) is 19.8 Å². The fraction of sp³-hybridized carbons (Fsp3) is 0.821. The maximum atomic E-state index is 12.8. The first kappa shape index (κ1) is 64.0. The number of carbonyl (C=O) groups is 2. The highest BCUT2D eigenvalue weighted by Gasteiger charge is 2.27. The number of esters is 2. The van der Waals surface area contributed by atoms with Crippen molar-refractivity contribution < 1.29 is 42.1 Å². The topological polar surface area (TPSA) is 108 Å². The highest BCUT2D eigenvalue weighted by molar-refractivity contribution is 7.47. The minimum Gasteiger partial charge on any atom is -0.462 e. The zero-order valence-electron chi connectivity index (χ0n) is 43.7. The molecule has 0 aliphatic carbocycles. The number of allylic oxidation sites excluding steroid dienone is 8. The molecule has 10 heteroatoms. The standard InChI is InChI=1S/C56H104NO8P/c1-6-8-10-12-14-16-18-20-22-24-26-27-28-29-31-33-35-37-39-41-43-45-47-49-56(59)65-54(53-64-66(60,61)63-51-50-57(3,4)5)52-62-55(58)48-46-44-42-40-38-36-34-32-30-25-23-21-19-17-15-13-11-9-7-2/h18,20-21,23-24,26,28-29,54H,6-17,19,22,25,27,30-53H2,1-5H3/p+1/b20-18-,23-21-,26-24-,29-28-. The quantitative estimate of drug-likeness (QED) is 0.0211. The molecule has 9 nitrogen and oxygen atoms in total. The summed E-state index contributed by atoms with van der Waals surface area (Å²) in [7, 11) is 1.47. The average molecular weight is 951 g/mol. The van der Waals surface area contributed by atoms with Gasteiger partial charge < -0.3 is 18.9 Å². The van der Waals surface area contributed by atoms with Gasteiger partial charge in [0.05, 0.1) is 27.7 Å². The minimum atomic E-state index is -4.39. The summed E-state index contributed by atoms with van der Waals surface area (Å²) in [5.74, 6) is -0.803. The van der Waals surface area contributed by atoms with Crippen LogP contribution in [0.4, 0.5) is 0 Å². The lowest BCUT2D eigenvalue weighted by molar-refractivity contribution is -0.870. The lowest BCUT2D eigenvalue weighted by atomic mass is 10.1. The molecule has 0 aromatic rings. The zero-order chi connectivity index (χ0) is 48.5. The third-order valence-electron chi connectivity index (χ3n) is 11.8. The Labute approximate surface area is 407 Å². The number of phosphoric ester groups is 1. The van der Waals surface area contributed by atoms with Gasteiger partial charge in [-0.15, -0.1) is 0 Å². The van der Waals surface area contributed by atoms with Crippen LogP contribution in [0.1, 0.15) is 245 Å². The molecule has 1 N–H and O–H groups in total. The van der Waals surface area contributed by atoms with Crippen LogP contribution in [0.25, 0.3) is 0 Å². The van der Waals surface area contributed by atoms with E-state index in [1.165, 1.54) is 154 Å². The second kappa shape index (κ2) is 48.0. The number of carbonyl (C=O) groups excluding carboxylic acids is 2. The van der Waals surface area contributed by atoms with Crippen molar-refractivity contribution >= 4 is 19.8 Å². The largest absolute Gasteiger partial charge is 0.472 e. The Morgan fingerprint density at radius 2 is 0.818 bits per heavy atom. The number of phosphoric acid groups is 1. The van der Waals surface area contributed by atoms with E-state index in [2.05, 4.69) is 62.5 Å². The smallest absolute Gasteiger partial charge is 0.462 e. The Hall–Kier alpha value is -2.03. The van der Waals surface area contributed by atoms with Crippen molar-refractivity contribution in [1.82, 2.24) is 0 Å². The summed E-state index contributed by atoms with van der Waals surface area (Å²) in [6, 6.07) is 0. The SMILES string of the molecule is CCCCCCC/C=C\C/C=C\C/C=C\CCCCCCCCCCC(=O)OC(COC(=O)CCCCCCCCCCC/C=C\CCCCCCCC)COP(=O)(O)OCC[N+](C)(C)C. The summed E-state index contributed by atoms with van der Waals surface area (Å²) in [5.41, 5.74) is 0. The minimum absolute atomic E-state index is 0.0291.